The predicted octanol–water partition coefficient (Wildman–Crippen LogP) is 4.44. The molecule has 0 aliphatic carbocycles. The second-order valence-electron chi connectivity index (χ2n) is 9.32. The summed E-state index contributed by atoms with van der Waals surface area (Å²) in [4.78, 5) is 31.6. The van der Waals surface area contributed by atoms with Crippen LogP contribution in [0.4, 0.5) is 0 Å². The van der Waals surface area contributed by atoms with Crippen molar-refractivity contribution in [2.24, 2.45) is 5.92 Å². The first-order chi connectivity index (χ1) is 16.3. The Balaban J connectivity index is 1.95. The Kier molecular flexibility index (Phi) is 6.51. The van der Waals surface area contributed by atoms with Gasteiger partial charge < -0.3 is 4.57 Å². The van der Waals surface area contributed by atoms with Crippen molar-refractivity contribution in [3.8, 4) is 11.8 Å². The molecule has 0 aliphatic rings. The highest BCUT2D eigenvalue weighted by Crippen LogP contribution is 2.19. The minimum atomic E-state index is -0.391. The van der Waals surface area contributed by atoms with Crippen LogP contribution in [0.2, 0.25) is 0 Å². The largest absolute Gasteiger partial charge is 0.337 e. The van der Waals surface area contributed by atoms with Crippen molar-refractivity contribution in [2.75, 3.05) is 0 Å². The fraction of sp³-hybridized carbons (Fsp3) is 0.333. The van der Waals surface area contributed by atoms with E-state index >= 15 is 0 Å². The molecule has 0 unspecified atom stereocenters. The van der Waals surface area contributed by atoms with Crippen molar-refractivity contribution in [2.45, 2.75) is 53.1 Å². The zero-order chi connectivity index (χ0) is 24.4. The van der Waals surface area contributed by atoms with Gasteiger partial charge in [0.05, 0.1) is 30.2 Å². The average Bonchev–Trinajstić information content (AvgIpc) is 3.23. The van der Waals surface area contributed by atoms with Gasteiger partial charge in [0.25, 0.3) is 5.56 Å². The molecule has 0 saturated carbocycles. The van der Waals surface area contributed by atoms with Gasteiger partial charge in [-0.2, -0.15) is 5.26 Å². The number of fused-ring (bicyclic) bond motifs is 1. The lowest BCUT2D eigenvalue weighted by Crippen LogP contribution is -2.40. The van der Waals surface area contributed by atoms with Gasteiger partial charge in [0.2, 0.25) is 0 Å². The van der Waals surface area contributed by atoms with Crippen LogP contribution in [-0.2, 0) is 13.1 Å². The molecule has 0 amide bonds. The number of nitriles is 1. The molecule has 7 nitrogen and oxygen atoms in total. The molecule has 34 heavy (non-hydrogen) atoms. The quantitative estimate of drug-likeness (QED) is 0.412. The molecule has 0 radical (unpaired) electrons. The molecule has 0 bridgehead atoms. The normalized spacial score (nSPS) is 11.4. The molecule has 0 atom stereocenters. The summed E-state index contributed by atoms with van der Waals surface area (Å²) < 4.78 is 4.57. The molecule has 2 heterocycles. The molecule has 0 fully saturated rings. The van der Waals surface area contributed by atoms with Crippen molar-refractivity contribution in [3.05, 3.63) is 92.4 Å². The first-order valence-electron chi connectivity index (χ1n) is 11.6. The third-order valence-corrected chi connectivity index (χ3v) is 6.13. The van der Waals surface area contributed by atoms with Crippen LogP contribution in [0.1, 0.15) is 56.7 Å². The SMILES string of the molecule is CC(C)CCn1c(=O)c2c(ncn2Cc2ccccc2C#N)n(-c2ccc(C(C)C)cc2)c1=O. The minimum absolute atomic E-state index is 0.310. The molecule has 4 aromatic rings. The molecule has 174 valence electrons. The summed E-state index contributed by atoms with van der Waals surface area (Å²) >= 11 is 0. The van der Waals surface area contributed by atoms with Crippen molar-refractivity contribution in [1.29, 1.82) is 5.26 Å². The number of benzene rings is 2. The highest BCUT2D eigenvalue weighted by Gasteiger charge is 2.20. The Hall–Kier alpha value is -3.92. The van der Waals surface area contributed by atoms with Crippen molar-refractivity contribution < 1.29 is 0 Å². The lowest BCUT2D eigenvalue weighted by atomic mass is 10.0. The van der Waals surface area contributed by atoms with Gasteiger partial charge >= 0.3 is 5.69 Å². The Bertz CT molecular complexity index is 1480. The van der Waals surface area contributed by atoms with Crippen LogP contribution >= 0.6 is 0 Å². The van der Waals surface area contributed by atoms with E-state index in [0.717, 1.165) is 5.56 Å². The van der Waals surface area contributed by atoms with E-state index in [9.17, 15) is 14.9 Å². The number of hydrogen-bond acceptors (Lipinski definition) is 4. The molecule has 0 N–H and O–H groups in total. The van der Waals surface area contributed by atoms with Crippen LogP contribution in [0.5, 0.6) is 0 Å². The molecule has 0 aliphatic heterocycles. The highest BCUT2D eigenvalue weighted by molar-refractivity contribution is 5.72. The zero-order valence-electron chi connectivity index (χ0n) is 20.0. The fourth-order valence-electron chi connectivity index (χ4n) is 4.08. The third kappa shape index (κ3) is 4.32. The van der Waals surface area contributed by atoms with E-state index in [4.69, 9.17) is 0 Å². The van der Waals surface area contributed by atoms with Crippen LogP contribution in [0.15, 0.2) is 64.4 Å². The van der Waals surface area contributed by atoms with Gasteiger partial charge in [0.1, 0.15) is 0 Å². The smallest absolute Gasteiger partial charge is 0.320 e. The van der Waals surface area contributed by atoms with Crippen LogP contribution in [-0.4, -0.2) is 18.7 Å². The van der Waals surface area contributed by atoms with Crippen LogP contribution in [0, 0.1) is 17.2 Å². The Morgan fingerprint density at radius 3 is 2.35 bits per heavy atom. The molecule has 2 aromatic carbocycles. The summed E-state index contributed by atoms with van der Waals surface area (Å²) in [5, 5.41) is 9.49. The number of rotatable bonds is 7. The van der Waals surface area contributed by atoms with E-state index in [1.807, 2.05) is 42.5 Å². The topological polar surface area (TPSA) is 85.6 Å². The van der Waals surface area contributed by atoms with Crippen LogP contribution < -0.4 is 11.2 Å². The number of hydrogen-bond donors (Lipinski definition) is 0. The summed E-state index contributed by atoms with van der Waals surface area (Å²) in [7, 11) is 0. The lowest BCUT2D eigenvalue weighted by molar-refractivity contribution is 0.491. The van der Waals surface area contributed by atoms with Crippen molar-refractivity contribution in [1.82, 2.24) is 18.7 Å². The van der Waals surface area contributed by atoms with E-state index in [2.05, 4.69) is 38.7 Å². The average molecular weight is 456 g/mol. The maximum absolute atomic E-state index is 13.5. The number of imidazole rings is 1. The molecule has 2 aromatic heterocycles. The van der Waals surface area contributed by atoms with Crippen LogP contribution in [0.3, 0.4) is 0 Å². The van der Waals surface area contributed by atoms with E-state index in [1.165, 1.54) is 14.7 Å². The van der Waals surface area contributed by atoms with Gasteiger partial charge in [-0.05, 0) is 47.6 Å². The van der Waals surface area contributed by atoms with Crippen molar-refractivity contribution in [3.63, 3.8) is 0 Å². The first-order valence-corrected chi connectivity index (χ1v) is 11.6. The summed E-state index contributed by atoms with van der Waals surface area (Å²) in [6.45, 7) is 9.00. The summed E-state index contributed by atoms with van der Waals surface area (Å²) in [5.41, 5.74) is 3.09. The van der Waals surface area contributed by atoms with Gasteiger partial charge in [0, 0.05) is 6.54 Å². The summed E-state index contributed by atoms with van der Waals surface area (Å²) in [6.07, 6.45) is 2.28. The molecule has 0 saturated heterocycles. The van der Waals surface area contributed by atoms with Gasteiger partial charge in [-0.25, -0.2) is 14.3 Å². The lowest BCUT2D eigenvalue weighted by Gasteiger charge is -2.14. The second kappa shape index (κ2) is 9.52. The Labute approximate surface area is 198 Å². The zero-order valence-corrected chi connectivity index (χ0v) is 20.0. The fourth-order valence-corrected chi connectivity index (χ4v) is 4.08. The predicted molar refractivity (Wildman–Crippen MR) is 133 cm³/mol. The van der Waals surface area contributed by atoms with Gasteiger partial charge in [-0.15, -0.1) is 0 Å². The van der Waals surface area contributed by atoms with Gasteiger partial charge in [-0.1, -0.05) is 58.0 Å². The van der Waals surface area contributed by atoms with Crippen molar-refractivity contribution >= 4 is 11.2 Å². The minimum Gasteiger partial charge on any atom is -0.320 e. The monoisotopic (exact) mass is 455 g/mol. The molecular weight excluding hydrogens is 426 g/mol. The number of nitrogens with zero attached hydrogens (tertiary/aromatic N) is 5. The molecule has 7 heteroatoms. The molecular formula is C27H29N5O2. The van der Waals surface area contributed by atoms with Gasteiger partial charge in [-0.3, -0.25) is 9.36 Å². The summed E-state index contributed by atoms with van der Waals surface area (Å²) in [5.74, 6) is 0.707. The van der Waals surface area contributed by atoms with E-state index in [0.29, 0.717) is 53.8 Å². The van der Waals surface area contributed by atoms with Gasteiger partial charge in [0.15, 0.2) is 11.2 Å². The summed E-state index contributed by atoms with van der Waals surface area (Å²) in [6, 6.07) is 17.3. The number of aromatic nitrogens is 4. The highest BCUT2D eigenvalue weighted by atomic mass is 16.2. The van der Waals surface area contributed by atoms with E-state index < -0.39 is 5.69 Å². The standard InChI is InChI=1S/C27H29N5O2/c1-18(2)13-14-31-26(33)24-25(29-17-30(24)16-22-8-6-5-7-21(22)15-28)32(27(31)34)23-11-9-20(10-12-23)19(3)4/h5-12,17-19H,13-14,16H2,1-4H3. The maximum atomic E-state index is 13.5. The van der Waals surface area contributed by atoms with Crippen LogP contribution in [0.25, 0.3) is 16.9 Å². The second-order valence-corrected chi connectivity index (χ2v) is 9.32. The molecule has 0 spiro atoms. The maximum Gasteiger partial charge on any atom is 0.337 e. The third-order valence-electron chi connectivity index (χ3n) is 6.13. The first kappa shape index (κ1) is 23.2. The van der Waals surface area contributed by atoms with E-state index in [-0.39, 0.29) is 5.56 Å². The Morgan fingerprint density at radius 2 is 1.71 bits per heavy atom. The molecule has 4 rings (SSSR count). The Morgan fingerprint density at radius 1 is 1.00 bits per heavy atom. The van der Waals surface area contributed by atoms with E-state index in [1.54, 1.807) is 17.0 Å².